The summed E-state index contributed by atoms with van der Waals surface area (Å²) in [5.41, 5.74) is 0.333. The van der Waals surface area contributed by atoms with Crippen LogP contribution in [0.2, 0.25) is 0 Å². The molecule has 0 aliphatic rings. The number of ether oxygens (including phenoxy) is 5. The maximum absolute atomic E-state index is 12.4. The first kappa shape index (κ1) is 40.0. The molecule has 44 heavy (non-hydrogen) atoms. The highest BCUT2D eigenvalue weighted by Gasteiger charge is 2.18. The smallest absolute Gasteiger partial charge is 0.251 e. The van der Waals surface area contributed by atoms with Crippen molar-refractivity contribution in [2.45, 2.75) is 57.6 Å². The second-order valence-electron chi connectivity index (χ2n) is 11.0. The van der Waals surface area contributed by atoms with E-state index in [9.17, 15) is 9.59 Å². The van der Waals surface area contributed by atoms with Gasteiger partial charge in [0.2, 0.25) is 5.91 Å². The number of carbonyl (C=O) groups excluding carboxylic acids is 2. The van der Waals surface area contributed by atoms with Gasteiger partial charge in [0, 0.05) is 48.9 Å². The lowest BCUT2D eigenvalue weighted by Gasteiger charge is -2.22. The Balaban J connectivity index is 2.21. The molecule has 1 aromatic carbocycles. The highest BCUT2D eigenvalue weighted by Crippen LogP contribution is 2.38. The molecule has 0 fully saturated rings. The van der Waals surface area contributed by atoms with Crippen molar-refractivity contribution in [3.8, 4) is 17.6 Å². The maximum Gasteiger partial charge on any atom is 0.251 e. The molecule has 1 unspecified atom stereocenters. The van der Waals surface area contributed by atoms with E-state index < -0.39 is 0 Å². The van der Waals surface area contributed by atoms with E-state index >= 15 is 0 Å². The van der Waals surface area contributed by atoms with Gasteiger partial charge in [-0.15, -0.1) is 0 Å². The normalized spacial score (nSPS) is 12.0. The molecule has 250 valence electrons. The van der Waals surface area contributed by atoms with E-state index in [1.165, 1.54) is 0 Å². The minimum Gasteiger partial charge on any atom is -0.490 e. The van der Waals surface area contributed by atoms with Gasteiger partial charge in [0.15, 0.2) is 0 Å². The van der Waals surface area contributed by atoms with Gasteiger partial charge in [-0.05, 0) is 31.7 Å². The molecule has 0 aliphatic heterocycles. The zero-order valence-corrected chi connectivity index (χ0v) is 29.0. The molecule has 0 spiro atoms. The van der Waals surface area contributed by atoms with Gasteiger partial charge in [-0.1, -0.05) is 74.1 Å². The SMILES string of the molecule is CNCCNC(=O)c1cccc(OCC(OCCOCCOCCCC(=O)NCCOCC#CC(C)C)SSC(C)(C)C)c1. The monoisotopic (exact) mass is 655 g/mol. The van der Waals surface area contributed by atoms with Crippen LogP contribution in [-0.2, 0) is 23.7 Å². The van der Waals surface area contributed by atoms with E-state index in [1.807, 2.05) is 33.0 Å². The maximum atomic E-state index is 12.4. The number of amides is 2. The van der Waals surface area contributed by atoms with Crippen LogP contribution >= 0.6 is 21.6 Å². The first-order valence-electron chi connectivity index (χ1n) is 15.2. The molecule has 0 radical (unpaired) electrons. The fourth-order valence-corrected chi connectivity index (χ4v) is 5.40. The molecule has 0 saturated heterocycles. The van der Waals surface area contributed by atoms with Gasteiger partial charge in [0.25, 0.3) is 5.91 Å². The number of likely N-dealkylation sites (N-methyl/N-ethyl adjacent to an activating group) is 1. The van der Waals surface area contributed by atoms with Crippen molar-refractivity contribution in [1.29, 1.82) is 0 Å². The van der Waals surface area contributed by atoms with E-state index in [0.29, 0.717) is 103 Å². The van der Waals surface area contributed by atoms with Crippen LogP contribution in [0, 0.1) is 17.8 Å². The fourth-order valence-electron chi connectivity index (χ4n) is 3.21. The van der Waals surface area contributed by atoms with Crippen LogP contribution in [0.4, 0.5) is 0 Å². The number of rotatable bonds is 24. The van der Waals surface area contributed by atoms with Crippen molar-refractivity contribution in [2.75, 3.05) is 79.5 Å². The molecule has 1 aromatic rings. The molecule has 0 bridgehead atoms. The number of nitrogens with one attached hydrogen (secondary N) is 3. The van der Waals surface area contributed by atoms with Crippen molar-refractivity contribution in [2.24, 2.45) is 5.92 Å². The lowest BCUT2D eigenvalue weighted by molar-refractivity contribution is -0.121. The summed E-state index contributed by atoms with van der Waals surface area (Å²) >= 11 is 0. The van der Waals surface area contributed by atoms with Crippen LogP contribution in [-0.4, -0.2) is 102 Å². The van der Waals surface area contributed by atoms with Crippen LogP contribution < -0.4 is 20.7 Å². The highest BCUT2D eigenvalue weighted by atomic mass is 33.1. The summed E-state index contributed by atoms with van der Waals surface area (Å²) in [6.07, 6.45) is 1.05. The summed E-state index contributed by atoms with van der Waals surface area (Å²) < 4.78 is 28.7. The highest BCUT2D eigenvalue weighted by molar-refractivity contribution is 8.77. The lowest BCUT2D eigenvalue weighted by Crippen LogP contribution is -2.30. The fraction of sp³-hybridized carbons (Fsp3) is 0.688. The van der Waals surface area contributed by atoms with Crippen molar-refractivity contribution in [3.63, 3.8) is 0 Å². The molecular weight excluding hydrogens is 603 g/mol. The topological polar surface area (TPSA) is 116 Å². The Morgan fingerprint density at radius 1 is 0.932 bits per heavy atom. The van der Waals surface area contributed by atoms with Crippen molar-refractivity contribution in [1.82, 2.24) is 16.0 Å². The minimum atomic E-state index is -0.219. The summed E-state index contributed by atoms with van der Waals surface area (Å²) in [5.74, 6) is 6.76. The molecule has 3 N–H and O–H groups in total. The predicted octanol–water partition coefficient (Wildman–Crippen LogP) is 4.14. The average Bonchev–Trinajstić information content (AvgIpc) is 2.98. The molecule has 1 atom stereocenters. The van der Waals surface area contributed by atoms with E-state index in [1.54, 1.807) is 33.7 Å². The van der Waals surface area contributed by atoms with Gasteiger partial charge in [0.1, 0.15) is 24.4 Å². The minimum absolute atomic E-state index is 0.0155. The quantitative estimate of drug-likeness (QED) is 0.0650. The summed E-state index contributed by atoms with van der Waals surface area (Å²) in [6.45, 7) is 15.6. The largest absolute Gasteiger partial charge is 0.490 e. The Hall–Kier alpha value is -1.98. The zero-order chi connectivity index (χ0) is 32.5. The molecular formula is C32H53N3O7S2. The second kappa shape index (κ2) is 25.2. The van der Waals surface area contributed by atoms with Gasteiger partial charge < -0.3 is 39.6 Å². The average molecular weight is 656 g/mol. The molecule has 10 nitrogen and oxygen atoms in total. The summed E-state index contributed by atoms with van der Waals surface area (Å²) in [7, 11) is 5.19. The number of hydrogen-bond acceptors (Lipinski definition) is 10. The molecule has 0 saturated carbocycles. The van der Waals surface area contributed by atoms with E-state index in [4.69, 9.17) is 23.7 Å². The van der Waals surface area contributed by atoms with Gasteiger partial charge in [-0.2, -0.15) is 0 Å². The first-order valence-corrected chi connectivity index (χ1v) is 17.4. The van der Waals surface area contributed by atoms with Crippen LogP contribution in [0.15, 0.2) is 24.3 Å². The zero-order valence-electron chi connectivity index (χ0n) is 27.3. The van der Waals surface area contributed by atoms with Gasteiger partial charge >= 0.3 is 0 Å². The third kappa shape index (κ3) is 23.4. The molecule has 1 rings (SSSR count). The summed E-state index contributed by atoms with van der Waals surface area (Å²) in [4.78, 5) is 24.2. The molecule has 2 amide bonds. The second-order valence-corrected chi connectivity index (χ2v) is 14.2. The van der Waals surface area contributed by atoms with Crippen molar-refractivity contribution in [3.05, 3.63) is 29.8 Å². The van der Waals surface area contributed by atoms with Gasteiger partial charge in [0.05, 0.1) is 33.0 Å². The van der Waals surface area contributed by atoms with Crippen molar-refractivity contribution >= 4 is 33.4 Å². The Morgan fingerprint density at radius 2 is 1.68 bits per heavy atom. The molecule has 0 aliphatic carbocycles. The van der Waals surface area contributed by atoms with E-state index in [0.717, 1.165) is 0 Å². The third-order valence-electron chi connectivity index (χ3n) is 5.28. The standard InChI is InChI=1S/C32H53N3O7S2/c1-26(2)10-8-17-38-19-16-34-29(36)13-9-18-39-20-21-40-22-23-41-30(43-44-32(3,4)5)25-42-28-12-7-11-27(24-28)31(37)35-15-14-33-6/h7,11-12,24,26,30,33H,9,13-23,25H2,1-6H3,(H,34,36)(H,35,37). The molecule has 12 heteroatoms. The Morgan fingerprint density at radius 3 is 2.41 bits per heavy atom. The van der Waals surface area contributed by atoms with E-state index in [-0.39, 0.29) is 22.0 Å². The summed E-state index contributed by atoms with van der Waals surface area (Å²) in [5, 5.41) is 8.71. The van der Waals surface area contributed by atoms with Crippen LogP contribution in [0.3, 0.4) is 0 Å². The van der Waals surface area contributed by atoms with Crippen molar-refractivity contribution < 1.29 is 33.3 Å². The lowest BCUT2D eigenvalue weighted by atomic mass is 10.2. The van der Waals surface area contributed by atoms with Crippen LogP contribution in [0.25, 0.3) is 0 Å². The van der Waals surface area contributed by atoms with E-state index in [2.05, 4.69) is 48.6 Å². The molecule has 0 aromatic heterocycles. The Bertz CT molecular complexity index is 981. The first-order chi connectivity index (χ1) is 21.1. The van der Waals surface area contributed by atoms with Gasteiger partial charge in [-0.3, -0.25) is 9.59 Å². The third-order valence-corrected chi connectivity index (χ3v) is 8.79. The number of benzene rings is 1. The number of hydrogen-bond donors (Lipinski definition) is 3. The summed E-state index contributed by atoms with van der Waals surface area (Å²) in [6, 6.07) is 7.15. The predicted molar refractivity (Wildman–Crippen MR) is 180 cm³/mol. The molecule has 0 heterocycles. The number of carbonyl (C=O) groups is 2. The van der Waals surface area contributed by atoms with Crippen LogP contribution in [0.5, 0.6) is 5.75 Å². The Kier molecular flexibility index (Phi) is 23.0. The van der Waals surface area contributed by atoms with Crippen LogP contribution in [0.1, 0.15) is 57.8 Å². The van der Waals surface area contributed by atoms with Gasteiger partial charge in [-0.25, -0.2) is 0 Å². The Labute approximate surface area is 272 Å².